The van der Waals surface area contributed by atoms with Crippen LogP contribution in [-0.2, 0) is 0 Å². The Bertz CT molecular complexity index is 894. The van der Waals surface area contributed by atoms with Crippen LogP contribution in [0.15, 0.2) is 48.5 Å². The maximum absolute atomic E-state index is 12.6. The van der Waals surface area contributed by atoms with E-state index >= 15 is 0 Å². The predicted octanol–water partition coefficient (Wildman–Crippen LogP) is 6.15. The highest BCUT2D eigenvalue weighted by atomic mass is 16.5. The molecule has 0 aliphatic carbocycles. The fraction of sp³-hybridized carbons (Fsp3) is 0.536. The molecule has 5 nitrogen and oxygen atoms in total. The summed E-state index contributed by atoms with van der Waals surface area (Å²) in [5, 5.41) is 2.96. The summed E-state index contributed by atoms with van der Waals surface area (Å²) in [6, 6.07) is 15.0. The van der Waals surface area contributed by atoms with E-state index in [9.17, 15) is 4.79 Å². The van der Waals surface area contributed by atoms with Crippen LogP contribution in [-0.4, -0.2) is 42.6 Å². The molecule has 0 spiro atoms. The van der Waals surface area contributed by atoms with Gasteiger partial charge < -0.3 is 14.8 Å². The van der Waals surface area contributed by atoms with E-state index < -0.39 is 0 Å². The molecular formula is C28H38N2O3. The highest BCUT2D eigenvalue weighted by Crippen LogP contribution is 2.40. The van der Waals surface area contributed by atoms with Gasteiger partial charge in [0.1, 0.15) is 11.5 Å². The van der Waals surface area contributed by atoms with E-state index in [1.165, 1.54) is 45.2 Å². The Balaban J connectivity index is 1.28. The van der Waals surface area contributed by atoms with Gasteiger partial charge in [-0.1, -0.05) is 19.8 Å². The number of nitrogens with one attached hydrogen (secondary N) is 1. The molecule has 0 saturated carbocycles. The van der Waals surface area contributed by atoms with Gasteiger partial charge in [-0.25, -0.2) is 0 Å². The van der Waals surface area contributed by atoms with Gasteiger partial charge in [0.2, 0.25) is 0 Å². The highest BCUT2D eigenvalue weighted by molar-refractivity contribution is 6.04. The maximum atomic E-state index is 12.6. The van der Waals surface area contributed by atoms with E-state index in [0.717, 1.165) is 36.6 Å². The average molecular weight is 451 g/mol. The molecule has 0 radical (unpaired) electrons. The maximum Gasteiger partial charge on any atom is 0.255 e. The Morgan fingerprint density at radius 3 is 2.45 bits per heavy atom. The second-order valence-corrected chi connectivity index (χ2v) is 9.66. The fourth-order valence-corrected chi connectivity index (χ4v) is 5.20. The third-order valence-corrected chi connectivity index (χ3v) is 7.39. The fourth-order valence-electron chi connectivity index (χ4n) is 5.20. The number of unbranched alkanes of at least 4 members (excludes halogenated alkanes) is 1. The second kappa shape index (κ2) is 11.1. The first-order chi connectivity index (χ1) is 16.1. The number of nitrogens with zero attached hydrogens (tertiary/aromatic N) is 1. The minimum absolute atomic E-state index is 0.128. The first-order valence-electron chi connectivity index (χ1n) is 12.6. The Morgan fingerprint density at radius 2 is 1.70 bits per heavy atom. The lowest BCUT2D eigenvalue weighted by Crippen LogP contribution is -2.58. The van der Waals surface area contributed by atoms with E-state index in [0.29, 0.717) is 18.1 Å². The van der Waals surface area contributed by atoms with Crippen LogP contribution in [0.3, 0.4) is 0 Å². The van der Waals surface area contributed by atoms with Crippen molar-refractivity contribution in [1.29, 1.82) is 0 Å². The van der Waals surface area contributed by atoms with Gasteiger partial charge in [-0.05, 0) is 101 Å². The largest absolute Gasteiger partial charge is 0.494 e. The van der Waals surface area contributed by atoms with Crippen LogP contribution < -0.4 is 14.8 Å². The van der Waals surface area contributed by atoms with Gasteiger partial charge in [-0.15, -0.1) is 0 Å². The van der Waals surface area contributed by atoms with Gasteiger partial charge >= 0.3 is 0 Å². The van der Waals surface area contributed by atoms with E-state index in [1.807, 2.05) is 36.4 Å². The molecule has 2 atom stereocenters. The molecule has 2 heterocycles. The number of hydrogen-bond donors (Lipinski definition) is 1. The van der Waals surface area contributed by atoms with Crippen LogP contribution in [0.5, 0.6) is 11.5 Å². The van der Waals surface area contributed by atoms with E-state index in [1.54, 1.807) is 12.1 Å². The van der Waals surface area contributed by atoms with Crippen molar-refractivity contribution < 1.29 is 14.3 Å². The molecule has 1 N–H and O–H groups in total. The lowest BCUT2D eigenvalue weighted by Gasteiger charge is -2.52. The number of piperidine rings is 2. The molecule has 178 valence electrons. The molecule has 1 amide bonds. The molecule has 4 rings (SSSR count). The summed E-state index contributed by atoms with van der Waals surface area (Å²) in [6.45, 7) is 8.49. The number of ether oxygens (including phenoxy) is 2. The van der Waals surface area contributed by atoms with Gasteiger partial charge in [-0.2, -0.15) is 0 Å². The highest BCUT2D eigenvalue weighted by Gasteiger charge is 2.43. The van der Waals surface area contributed by atoms with Crippen LogP contribution in [0, 0.1) is 5.92 Å². The van der Waals surface area contributed by atoms with Gasteiger partial charge in [0.05, 0.1) is 13.2 Å². The summed E-state index contributed by atoms with van der Waals surface area (Å²) in [5.41, 5.74) is 1.65. The van der Waals surface area contributed by atoms with Crippen LogP contribution in [0.1, 0.15) is 69.2 Å². The SMILES string of the molecule is CCCCOc1ccc(C(=O)Nc2ccc(OC[C@@H]3CCCN4CCCC[C@]34C)cc2)cc1. The Labute approximate surface area is 198 Å². The molecule has 33 heavy (non-hydrogen) atoms. The van der Waals surface area contributed by atoms with Crippen molar-refractivity contribution in [1.82, 2.24) is 4.90 Å². The molecule has 2 fully saturated rings. The lowest BCUT2D eigenvalue weighted by atomic mass is 9.73. The molecule has 0 aromatic heterocycles. The zero-order chi connectivity index (χ0) is 23.1. The summed E-state index contributed by atoms with van der Waals surface area (Å²) < 4.78 is 11.9. The normalized spacial score (nSPS) is 22.9. The minimum Gasteiger partial charge on any atom is -0.494 e. The van der Waals surface area contributed by atoms with Crippen LogP contribution >= 0.6 is 0 Å². The smallest absolute Gasteiger partial charge is 0.255 e. The third-order valence-electron chi connectivity index (χ3n) is 7.39. The van der Waals surface area contributed by atoms with E-state index in [2.05, 4.69) is 24.1 Å². The molecule has 0 unspecified atom stereocenters. The first-order valence-corrected chi connectivity index (χ1v) is 12.6. The summed E-state index contributed by atoms with van der Waals surface area (Å²) in [7, 11) is 0. The first kappa shape index (κ1) is 23.6. The van der Waals surface area contributed by atoms with Crippen LogP contribution in [0.2, 0.25) is 0 Å². The predicted molar refractivity (Wildman–Crippen MR) is 133 cm³/mol. The molecule has 5 heteroatoms. The molecule has 2 aromatic carbocycles. The van der Waals surface area contributed by atoms with Crippen molar-refractivity contribution in [3.63, 3.8) is 0 Å². The topological polar surface area (TPSA) is 50.8 Å². The zero-order valence-corrected chi connectivity index (χ0v) is 20.1. The van der Waals surface area contributed by atoms with Crippen molar-refractivity contribution in [2.75, 3.05) is 31.6 Å². The number of fused-ring (bicyclic) bond motifs is 1. The quantitative estimate of drug-likeness (QED) is 0.466. The summed E-state index contributed by atoms with van der Waals surface area (Å²) >= 11 is 0. The third kappa shape index (κ3) is 5.89. The Hall–Kier alpha value is -2.53. The number of hydrogen-bond acceptors (Lipinski definition) is 4. The van der Waals surface area contributed by atoms with Crippen molar-refractivity contribution in [2.24, 2.45) is 5.92 Å². The van der Waals surface area contributed by atoms with E-state index in [4.69, 9.17) is 9.47 Å². The van der Waals surface area contributed by atoms with Crippen molar-refractivity contribution in [3.8, 4) is 11.5 Å². The number of rotatable bonds is 9. The van der Waals surface area contributed by atoms with Crippen LogP contribution in [0.25, 0.3) is 0 Å². The van der Waals surface area contributed by atoms with Crippen LogP contribution in [0.4, 0.5) is 5.69 Å². The monoisotopic (exact) mass is 450 g/mol. The Kier molecular flexibility index (Phi) is 7.92. The average Bonchev–Trinajstić information content (AvgIpc) is 2.84. The number of benzene rings is 2. The molecule has 0 bridgehead atoms. The van der Waals surface area contributed by atoms with E-state index in [-0.39, 0.29) is 11.4 Å². The van der Waals surface area contributed by atoms with Gasteiger partial charge in [0.25, 0.3) is 5.91 Å². The van der Waals surface area contributed by atoms with Crippen molar-refractivity contribution >= 4 is 11.6 Å². The standard InChI is InChI=1S/C28H38N2O3/c1-3-4-20-32-25-13-9-22(10-14-25)27(31)29-24-11-15-26(16-12-24)33-21-23-8-7-19-30-18-6-5-17-28(23,30)2/h9-16,23H,3-8,17-21H2,1-2H3,(H,29,31)/t23-,28+/m0/s1. The minimum atomic E-state index is -0.128. The summed E-state index contributed by atoms with van der Waals surface area (Å²) in [4.78, 5) is 15.3. The van der Waals surface area contributed by atoms with Gasteiger partial charge in [0, 0.05) is 22.7 Å². The molecular weight excluding hydrogens is 412 g/mol. The Morgan fingerprint density at radius 1 is 1.00 bits per heavy atom. The van der Waals surface area contributed by atoms with Gasteiger partial charge in [0.15, 0.2) is 0 Å². The zero-order valence-electron chi connectivity index (χ0n) is 20.1. The number of anilines is 1. The number of carbonyl (C=O) groups excluding carboxylic acids is 1. The molecule has 2 aliphatic rings. The molecule has 2 aliphatic heterocycles. The molecule has 2 saturated heterocycles. The number of amides is 1. The van der Waals surface area contributed by atoms with Crippen molar-refractivity contribution in [3.05, 3.63) is 54.1 Å². The lowest BCUT2D eigenvalue weighted by molar-refractivity contribution is -0.0377. The van der Waals surface area contributed by atoms with Crippen molar-refractivity contribution in [2.45, 2.75) is 64.3 Å². The molecule has 2 aromatic rings. The summed E-state index contributed by atoms with van der Waals surface area (Å²) in [5.74, 6) is 2.10. The number of carbonyl (C=O) groups is 1. The van der Waals surface area contributed by atoms with Gasteiger partial charge in [-0.3, -0.25) is 9.69 Å². The second-order valence-electron chi connectivity index (χ2n) is 9.66. The summed E-state index contributed by atoms with van der Waals surface area (Å²) in [6.07, 6.45) is 8.56.